The van der Waals surface area contributed by atoms with E-state index in [0.29, 0.717) is 21.9 Å². The molecule has 184 valence electrons. The quantitative estimate of drug-likeness (QED) is 0.179. The topological polar surface area (TPSA) is 161 Å². The van der Waals surface area contributed by atoms with Gasteiger partial charge < -0.3 is 39.6 Å². The van der Waals surface area contributed by atoms with E-state index in [4.69, 9.17) is 0 Å². The molecule has 0 N–H and O–H groups in total. The summed E-state index contributed by atoms with van der Waals surface area (Å²) in [5.41, 5.74) is 2.09. The van der Waals surface area contributed by atoms with Gasteiger partial charge in [-0.3, -0.25) is 0 Å². The van der Waals surface area contributed by atoms with Crippen molar-refractivity contribution >= 4 is 51.9 Å². The summed E-state index contributed by atoms with van der Waals surface area (Å²) in [6.45, 7) is 0. The van der Waals surface area contributed by atoms with Crippen molar-refractivity contribution in [2.75, 3.05) is 0 Å². The summed E-state index contributed by atoms with van der Waals surface area (Å²) < 4.78 is 0. The van der Waals surface area contributed by atoms with Crippen LogP contribution in [0.4, 0.5) is 0 Å². The van der Waals surface area contributed by atoms with Crippen LogP contribution in [0.2, 0.25) is 0 Å². The molecule has 42 heavy (non-hydrogen) atoms. The van der Waals surface area contributed by atoms with Crippen molar-refractivity contribution in [2.24, 2.45) is 0 Å². The van der Waals surface area contributed by atoms with Crippen molar-refractivity contribution in [3.63, 3.8) is 0 Å². The fourth-order valence-electron chi connectivity index (χ4n) is 4.79. The van der Waals surface area contributed by atoms with E-state index in [9.17, 15) is 39.6 Å². The van der Waals surface area contributed by atoms with Crippen LogP contribution in [0.3, 0.4) is 0 Å². The van der Waals surface area contributed by atoms with Gasteiger partial charge in [0.2, 0.25) is 0 Å². The zero-order valence-electron chi connectivity index (χ0n) is 24.1. The molecule has 0 saturated heterocycles. The van der Waals surface area contributed by atoms with Crippen LogP contribution in [-0.4, -0.2) is 30.0 Å². The fraction of sp³-hybridized carbons (Fsp3) is 0. The molecule has 0 aliphatic rings. The molecule has 0 saturated carbocycles. The number of carbonyl (C=O) groups is 4. The predicted molar refractivity (Wildman–Crippen MR) is 127 cm³/mol. The molecule has 0 heterocycles. The first kappa shape index (κ1) is 44.0. The van der Waals surface area contributed by atoms with Gasteiger partial charge in [-0.2, -0.15) is 21.9 Å². The smallest absolute Gasteiger partial charge is 0.545 e. The molecule has 8 nitrogen and oxygen atoms in total. The number of hydrogen-bond donors (Lipinski definition) is 0. The minimum absolute atomic E-state index is 0. The van der Waals surface area contributed by atoms with Gasteiger partial charge in [0, 0.05) is 0 Å². The van der Waals surface area contributed by atoms with E-state index in [1.807, 2.05) is 0 Å². The van der Waals surface area contributed by atoms with E-state index < -0.39 is 30.0 Å². The maximum absolute atomic E-state index is 11.4. The summed E-state index contributed by atoms with van der Waals surface area (Å²) in [5.74, 6) is -5.50. The molecule has 14 heteroatoms. The number of rotatable bonds is 8. The Balaban J connectivity index is 0. The number of benzene rings is 4. The SMILES string of the molecule is O=C([O-])c1ccc([B-](c2ccc(C(=O)[O-])cc2)(c2ccc(C(=O)[O-])cc2)c2ccc(C(=O)[O-])cc2)cc1.[Na+].[Na+].[Na+].[Na+].[Na+]. The van der Waals surface area contributed by atoms with Crippen molar-refractivity contribution in [1.29, 1.82) is 0 Å². The Bertz CT molecular complexity index is 1280. The number of carboxylic acids is 4. The average molecular weight is 606 g/mol. The average Bonchev–Trinajstić information content (AvgIpc) is 2.90. The summed E-state index contributed by atoms with van der Waals surface area (Å²) in [6.07, 6.45) is -2.22. The first-order chi connectivity index (χ1) is 17.6. The summed E-state index contributed by atoms with van der Waals surface area (Å²) in [4.78, 5) is 45.5. The van der Waals surface area contributed by atoms with E-state index in [1.165, 1.54) is 48.5 Å². The summed E-state index contributed by atoms with van der Waals surface area (Å²) in [5, 5.41) is 45.5. The van der Waals surface area contributed by atoms with Gasteiger partial charge in [-0.15, -0.1) is 0 Å². The molecule has 4 rings (SSSR count). The van der Waals surface area contributed by atoms with Crippen molar-refractivity contribution in [1.82, 2.24) is 0 Å². The van der Waals surface area contributed by atoms with Gasteiger partial charge in [-0.05, 0) is 22.3 Å². The van der Waals surface area contributed by atoms with Crippen LogP contribution >= 0.6 is 0 Å². The van der Waals surface area contributed by atoms with Gasteiger partial charge in [-0.25, -0.2) is 0 Å². The van der Waals surface area contributed by atoms with Crippen molar-refractivity contribution in [2.45, 2.75) is 0 Å². The van der Waals surface area contributed by atoms with Crippen LogP contribution in [0.1, 0.15) is 41.4 Å². The monoisotopic (exact) mass is 606 g/mol. The molecule has 0 aliphatic carbocycles. The molecule has 0 spiro atoms. The second-order valence-electron chi connectivity index (χ2n) is 8.50. The van der Waals surface area contributed by atoms with Crippen molar-refractivity contribution in [3.8, 4) is 0 Å². The van der Waals surface area contributed by atoms with Crippen LogP contribution in [0.5, 0.6) is 0 Å². The Morgan fingerprint density at radius 3 is 0.595 bits per heavy atom. The largest absolute Gasteiger partial charge is 1.00 e. The third kappa shape index (κ3) is 9.42. The van der Waals surface area contributed by atoms with Gasteiger partial charge in [-0.1, -0.05) is 97.1 Å². The zero-order valence-corrected chi connectivity index (χ0v) is 34.1. The molecule has 4 aromatic carbocycles. The van der Waals surface area contributed by atoms with Crippen LogP contribution in [-0.2, 0) is 0 Å². The predicted octanol–water partition coefficient (Wildman–Crippen LogP) is -18.5. The minimum atomic E-state index is -2.22. The molecule has 4 aromatic rings. The van der Waals surface area contributed by atoms with Crippen molar-refractivity contribution in [3.05, 3.63) is 119 Å². The number of aromatic carboxylic acids is 4. The Kier molecular flexibility index (Phi) is 20.3. The van der Waals surface area contributed by atoms with E-state index in [1.54, 1.807) is 48.5 Å². The molecule has 0 bridgehead atoms. The third-order valence-corrected chi connectivity index (χ3v) is 6.59. The zero-order chi connectivity index (χ0) is 26.7. The Labute approximate surface area is 353 Å². The summed E-state index contributed by atoms with van der Waals surface area (Å²) in [6, 6.07) is 23.5. The van der Waals surface area contributed by atoms with Gasteiger partial charge in [0.1, 0.15) is 6.15 Å². The van der Waals surface area contributed by atoms with Crippen LogP contribution in [0, 0.1) is 0 Å². The maximum Gasteiger partial charge on any atom is 1.00 e. The Morgan fingerprint density at radius 2 is 0.476 bits per heavy atom. The van der Waals surface area contributed by atoms with Gasteiger partial charge in [0.05, 0.1) is 23.9 Å². The Hall–Kier alpha value is -0.175. The molecule has 0 atom stereocenters. The standard InChI is InChI=1S/C28H20BO8.5Na/c30-25(31)17-1-9-21(10-2-17)29(22-11-3-18(4-12-22)26(32)33,23-13-5-19(6-14-23)27(34)35)24-15-7-20(8-16-24)28(36)37;;;;;/h1-16H,(H,30,31)(H,32,33)(H,34,35)(H,36,37);;;;;/q-1;5*+1/p-4. The van der Waals surface area contributed by atoms with E-state index >= 15 is 0 Å². The molecule has 0 fully saturated rings. The Morgan fingerprint density at radius 1 is 0.333 bits per heavy atom. The molecule has 0 radical (unpaired) electrons. The minimum Gasteiger partial charge on any atom is -0.545 e. The van der Waals surface area contributed by atoms with Crippen LogP contribution in [0.15, 0.2) is 97.1 Å². The first-order valence-corrected chi connectivity index (χ1v) is 11.1. The van der Waals surface area contributed by atoms with Crippen molar-refractivity contribution < 1.29 is 187 Å². The summed E-state index contributed by atoms with van der Waals surface area (Å²) >= 11 is 0. The van der Waals surface area contributed by atoms with Gasteiger partial charge in [0.15, 0.2) is 0 Å². The van der Waals surface area contributed by atoms with E-state index in [-0.39, 0.29) is 170 Å². The first-order valence-electron chi connectivity index (χ1n) is 11.1. The second-order valence-corrected chi connectivity index (χ2v) is 8.50. The fourth-order valence-corrected chi connectivity index (χ4v) is 4.79. The molecular weight excluding hydrogens is 590 g/mol. The molecule has 0 amide bonds. The molecule has 0 aliphatic heterocycles. The van der Waals surface area contributed by atoms with Gasteiger partial charge >= 0.3 is 148 Å². The van der Waals surface area contributed by atoms with E-state index in [0.717, 1.165) is 0 Å². The summed E-state index contributed by atoms with van der Waals surface area (Å²) in [7, 11) is 0. The maximum atomic E-state index is 11.4. The normalized spacial score (nSPS) is 9.71. The van der Waals surface area contributed by atoms with E-state index in [2.05, 4.69) is 0 Å². The number of hydrogen-bond acceptors (Lipinski definition) is 8. The number of carboxylic acid groups (broad SMARTS) is 4. The molecular formula is C28H16BNa5O8. The third-order valence-electron chi connectivity index (χ3n) is 6.59. The van der Waals surface area contributed by atoms with Gasteiger partial charge in [0.25, 0.3) is 0 Å². The van der Waals surface area contributed by atoms with Crippen LogP contribution in [0.25, 0.3) is 0 Å². The number of carbonyl (C=O) groups excluding carboxylic acids is 4. The van der Waals surface area contributed by atoms with Crippen LogP contribution < -0.4 is 190 Å². The molecule has 0 aromatic heterocycles. The second kappa shape index (κ2) is 19.4. The molecule has 0 unspecified atom stereocenters.